The highest BCUT2D eigenvalue weighted by molar-refractivity contribution is 5.85. The summed E-state index contributed by atoms with van der Waals surface area (Å²) in [6, 6.07) is 4.09. The van der Waals surface area contributed by atoms with Gasteiger partial charge in [0.15, 0.2) is 0 Å². The van der Waals surface area contributed by atoms with Gasteiger partial charge in [0.2, 0.25) is 0 Å². The van der Waals surface area contributed by atoms with Crippen LogP contribution in [-0.4, -0.2) is 19.3 Å². The number of aryl methyl sites for hydroxylation is 1. The van der Waals surface area contributed by atoms with Crippen molar-refractivity contribution >= 4 is 6.21 Å². The van der Waals surface area contributed by atoms with Gasteiger partial charge in [-0.05, 0) is 60.7 Å². The van der Waals surface area contributed by atoms with Crippen molar-refractivity contribution in [3.63, 3.8) is 0 Å². The van der Waals surface area contributed by atoms with E-state index in [1.165, 1.54) is 0 Å². The molecule has 0 spiro atoms. The highest BCUT2D eigenvalue weighted by atomic mass is 19.1. The molecule has 1 unspecified atom stereocenters. The molecule has 90 valence electrons. The molecule has 2 heterocycles. The number of benzene rings is 1. The van der Waals surface area contributed by atoms with Gasteiger partial charge < -0.3 is 5.32 Å². The number of alkyl halides is 1. The first-order chi connectivity index (χ1) is 8.19. The molecule has 1 saturated heterocycles. The molecule has 1 aromatic carbocycles. The van der Waals surface area contributed by atoms with Gasteiger partial charge in [-0.1, -0.05) is 0 Å². The lowest BCUT2D eigenvalue weighted by molar-refractivity contribution is 0.121. The van der Waals surface area contributed by atoms with Crippen LogP contribution in [0.2, 0.25) is 0 Å². The second-order valence-electron chi connectivity index (χ2n) is 5.08. The predicted octanol–water partition coefficient (Wildman–Crippen LogP) is 2.48. The predicted molar refractivity (Wildman–Crippen MR) is 67.4 cm³/mol. The fourth-order valence-electron chi connectivity index (χ4n) is 2.86. The van der Waals surface area contributed by atoms with Crippen LogP contribution >= 0.6 is 0 Å². The quantitative estimate of drug-likeness (QED) is 0.790. The van der Waals surface area contributed by atoms with Crippen LogP contribution in [-0.2, 0) is 12.2 Å². The normalized spacial score (nSPS) is 27.2. The highest BCUT2D eigenvalue weighted by Gasteiger charge is 2.35. The Bertz CT molecular complexity index is 473. The third kappa shape index (κ3) is 1.78. The fourth-order valence-corrected chi connectivity index (χ4v) is 2.86. The van der Waals surface area contributed by atoms with Crippen LogP contribution in [0.1, 0.15) is 35.1 Å². The van der Waals surface area contributed by atoms with Crippen LogP contribution in [0.15, 0.2) is 17.1 Å². The van der Waals surface area contributed by atoms with E-state index in [0.29, 0.717) is 19.5 Å². The van der Waals surface area contributed by atoms with Crippen molar-refractivity contribution in [3.8, 4) is 0 Å². The van der Waals surface area contributed by atoms with E-state index >= 15 is 0 Å². The van der Waals surface area contributed by atoms with Crippen molar-refractivity contribution in [2.45, 2.75) is 32.0 Å². The van der Waals surface area contributed by atoms with Gasteiger partial charge >= 0.3 is 0 Å². The average Bonchev–Trinajstić information content (AvgIpc) is 2.76. The molecule has 1 fully saturated rings. The molecule has 1 N–H and O–H groups in total. The Morgan fingerprint density at radius 2 is 2.29 bits per heavy atom. The van der Waals surface area contributed by atoms with E-state index in [4.69, 9.17) is 0 Å². The smallest absolute Gasteiger partial charge is 0.148 e. The SMILES string of the molecule is Cc1cc2c(cc1C1(F)CCCNC1)CN=C2. The van der Waals surface area contributed by atoms with Crippen LogP contribution in [0.4, 0.5) is 4.39 Å². The van der Waals surface area contributed by atoms with Gasteiger partial charge in [-0.15, -0.1) is 0 Å². The number of halogens is 1. The second-order valence-corrected chi connectivity index (χ2v) is 5.08. The molecule has 0 amide bonds. The highest BCUT2D eigenvalue weighted by Crippen LogP contribution is 2.36. The van der Waals surface area contributed by atoms with Crippen molar-refractivity contribution < 1.29 is 4.39 Å². The summed E-state index contributed by atoms with van der Waals surface area (Å²) in [4.78, 5) is 4.24. The molecule has 0 aromatic heterocycles. The summed E-state index contributed by atoms with van der Waals surface area (Å²) in [5.41, 5.74) is 3.02. The zero-order valence-electron chi connectivity index (χ0n) is 10.1. The maximum atomic E-state index is 14.9. The second kappa shape index (κ2) is 3.91. The monoisotopic (exact) mass is 232 g/mol. The van der Waals surface area contributed by atoms with Crippen LogP contribution in [0.25, 0.3) is 0 Å². The van der Waals surface area contributed by atoms with E-state index in [2.05, 4.69) is 16.4 Å². The Hall–Kier alpha value is -1.22. The molecule has 2 aliphatic heterocycles. The van der Waals surface area contributed by atoms with Crippen LogP contribution in [0.3, 0.4) is 0 Å². The molecule has 2 aliphatic rings. The molecule has 0 radical (unpaired) electrons. The van der Waals surface area contributed by atoms with Crippen molar-refractivity contribution in [2.24, 2.45) is 4.99 Å². The zero-order chi connectivity index (χ0) is 11.9. The number of fused-ring (bicyclic) bond motifs is 1. The van der Waals surface area contributed by atoms with Crippen LogP contribution in [0.5, 0.6) is 0 Å². The Kier molecular flexibility index (Phi) is 2.51. The number of hydrogen-bond donors (Lipinski definition) is 1. The summed E-state index contributed by atoms with van der Waals surface area (Å²) in [5.74, 6) is 0. The maximum absolute atomic E-state index is 14.9. The fraction of sp³-hybridized carbons (Fsp3) is 0.500. The third-order valence-electron chi connectivity index (χ3n) is 3.79. The number of rotatable bonds is 1. The minimum Gasteiger partial charge on any atom is -0.313 e. The lowest BCUT2D eigenvalue weighted by atomic mass is 9.84. The largest absolute Gasteiger partial charge is 0.313 e. The molecule has 0 aliphatic carbocycles. The summed E-state index contributed by atoms with van der Waals surface area (Å²) < 4.78 is 14.9. The summed E-state index contributed by atoms with van der Waals surface area (Å²) >= 11 is 0. The third-order valence-corrected chi connectivity index (χ3v) is 3.79. The Morgan fingerprint density at radius 3 is 3.06 bits per heavy atom. The van der Waals surface area contributed by atoms with Crippen molar-refractivity contribution in [2.75, 3.05) is 13.1 Å². The molecular weight excluding hydrogens is 215 g/mol. The first-order valence-electron chi connectivity index (χ1n) is 6.22. The first kappa shape index (κ1) is 10.9. The van der Waals surface area contributed by atoms with Gasteiger partial charge in [0.05, 0.1) is 6.54 Å². The average molecular weight is 232 g/mol. The Morgan fingerprint density at radius 1 is 1.41 bits per heavy atom. The minimum absolute atomic E-state index is 0.438. The maximum Gasteiger partial charge on any atom is 0.148 e. The van der Waals surface area contributed by atoms with Crippen LogP contribution in [0, 0.1) is 6.92 Å². The van der Waals surface area contributed by atoms with E-state index in [-0.39, 0.29) is 0 Å². The Labute approximate surface area is 101 Å². The van der Waals surface area contributed by atoms with Gasteiger partial charge in [0, 0.05) is 12.8 Å². The first-order valence-corrected chi connectivity index (χ1v) is 6.22. The zero-order valence-corrected chi connectivity index (χ0v) is 10.1. The van der Waals surface area contributed by atoms with E-state index in [9.17, 15) is 4.39 Å². The molecule has 0 bridgehead atoms. The van der Waals surface area contributed by atoms with E-state index in [0.717, 1.165) is 35.2 Å². The lowest BCUT2D eigenvalue weighted by Crippen LogP contribution is -2.40. The lowest BCUT2D eigenvalue weighted by Gasteiger charge is -2.32. The molecule has 1 atom stereocenters. The molecule has 2 nitrogen and oxygen atoms in total. The minimum atomic E-state index is -1.19. The van der Waals surface area contributed by atoms with Gasteiger partial charge in [0.1, 0.15) is 5.67 Å². The van der Waals surface area contributed by atoms with Crippen molar-refractivity contribution in [3.05, 3.63) is 34.4 Å². The standard InChI is InChI=1S/C14H17FN2/c1-10-5-11-7-17-8-12(11)6-13(10)14(15)3-2-4-16-9-14/h5-7,16H,2-4,8-9H2,1H3. The molecule has 0 saturated carbocycles. The topological polar surface area (TPSA) is 24.4 Å². The van der Waals surface area contributed by atoms with Crippen LogP contribution < -0.4 is 5.32 Å². The number of nitrogens with one attached hydrogen (secondary N) is 1. The van der Waals surface area contributed by atoms with Crippen molar-refractivity contribution in [1.29, 1.82) is 0 Å². The summed E-state index contributed by atoms with van der Waals surface area (Å²) in [6.07, 6.45) is 3.42. The molecule has 1 aromatic rings. The van der Waals surface area contributed by atoms with Gasteiger partial charge in [-0.2, -0.15) is 0 Å². The van der Waals surface area contributed by atoms with E-state index < -0.39 is 5.67 Å². The molecule has 3 heteroatoms. The van der Waals surface area contributed by atoms with Gasteiger partial charge in [-0.3, -0.25) is 4.99 Å². The number of nitrogens with zero attached hydrogens (tertiary/aromatic N) is 1. The summed E-state index contributed by atoms with van der Waals surface area (Å²) in [5, 5.41) is 3.16. The number of aliphatic imine (C=N–C) groups is 1. The van der Waals surface area contributed by atoms with E-state index in [1.54, 1.807) is 0 Å². The number of hydrogen-bond acceptors (Lipinski definition) is 2. The molecular formula is C14H17FN2. The van der Waals surface area contributed by atoms with Crippen molar-refractivity contribution in [1.82, 2.24) is 5.32 Å². The summed E-state index contributed by atoms with van der Waals surface area (Å²) in [7, 11) is 0. The van der Waals surface area contributed by atoms with Gasteiger partial charge in [0.25, 0.3) is 0 Å². The molecule has 3 rings (SSSR count). The van der Waals surface area contributed by atoms with Gasteiger partial charge in [-0.25, -0.2) is 4.39 Å². The molecule has 17 heavy (non-hydrogen) atoms. The summed E-state index contributed by atoms with van der Waals surface area (Å²) in [6.45, 7) is 4.07. The van der Waals surface area contributed by atoms with E-state index in [1.807, 2.05) is 19.2 Å². The Balaban J connectivity index is 2.03. The number of piperidine rings is 1.